The van der Waals surface area contributed by atoms with E-state index in [2.05, 4.69) is 20.7 Å². The van der Waals surface area contributed by atoms with Gasteiger partial charge in [-0.15, -0.1) is 0 Å². The highest BCUT2D eigenvalue weighted by molar-refractivity contribution is 5.73. The van der Waals surface area contributed by atoms with Crippen LogP contribution in [0.4, 0.5) is 26.2 Å². The third kappa shape index (κ3) is 5.42. The Morgan fingerprint density at radius 2 is 1.97 bits per heavy atom. The third-order valence-corrected chi connectivity index (χ3v) is 4.35. The number of aromatic nitrogens is 3. The largest absolute Gasteiger partial charge is 0.497 e. The minimum absolute atomic E-state index is 0.150. The monoisotopic (exact) mass is 459 g/mol. The van der Waals surface area contributed by atoms with Crippen LogP contribution in [0.25, 0.3) is 11.1 Å². The molecule has 10 nitrogen and oxygen atoms in total. The molecule has 0 saturated heterocycles. The number of anilines is 3. The van der Waals surface area contributed by atoms with Crippen LogP contribution < -0.4 is 21.2 Å². The zero-order chi connectivity index (χ0) is 24.0. The van der Waals surface area contributed by atoms with Crippen molar-refractivity contribution >= 4 is 35.0 Å². The molecular weight excluding hydrogens is 440 g/mol. The van der Waals surface area contributed by atoms with Crippen LogP contribution in [0.2, 0.25) is 0 Å². The van der Waals surface area contributed by atoms with Crippen LogP contribution in [0.1, 0.15) is 17.6 Å². The van der Waals surface area contributed by atoms with Gasteiger partial charge in [-0.3, -0.25) is 10.2 Å². The van der Waals surface area contributed by atoms with Crippen LogP contribution in [-0.2, 0) is 4.79 Å². The minimum atomic E-state index is -2.65. The molecule has 0 saturated carbocycles. The van der Waals surface area contributed by atoms with Crippen LogP contribution in [0.3, 0.4) is 0 Å². The van der Waals surface area contributed by atoms with E-state index in [-0.39, 0.29) is 23.7 Å². The van der Waals surface area contributed by atoms with Crippen molar-refractivity contribution in [3.05, 3.63) is 70.3 Å². The first-order valence-electron chi connectivity index (χ1n) is 9.39. The molecule has 172 valence electrons. The zero-order valence-electron chi connectivity index (χ0n) is 17.5. The summed E-state index contributed by atoms with van der Waals surface area (Å²) in [6, 6.07) is 11.0. The number of nitrogens with zero attached hydrogens (tertiary/aromatic N) is 3. The van der Waals surface area contributed by atoms with Gasteiger partial charge in [-0.1, -0.05) is 12.1 Å². The Hall–Kier alpha value is -4.48. The van der Waals surface area contributed by atoms with Gasteiger partial charge in [0.05, 0.1) is 7.11 Å². The van der Waals surface area contributed by atoms with Gasteiger partial charge >= 0.3 is 5.76 Å². The van der Waals surface area contributed by atoms with Crippen molar-refractivity contribution in [1.29, 1.82) is 0 Å². The Morgan fingerprint density at radius 3 is 2.67 bits per heavy atom. The number of para-hydroxylation sites is 2. The Labute approximate surface area is 185 Å². The van der Waals surface area contributed by atoms with Crippen LogP contribution in [-0.4, -0.2) is 33.3 Å². The smallest absolute Gasteiger partial charge is 0.439 e. The summed E-state index contributed by atoms with van der Waals surface area (Å²) >= 11 is 0. The molecule has 2 aromatic heterocycles. The highest BCUT2D eigenvalue weighted by atomic mass is 19.3. The summed E-state index contributed by atoms with van der Waals surface area (Å²) in [5.74, 6) is 0.172. The van der Waals surface area contributed by atoms with Crippen LogP contribution in [0.5, 0.6) is 5.75 Å². The molecule has 0 radical (unpaired) electrons. The summed E-state index contributed by atoms with van der Waals surface area (Å²) in [6.45, 7) is 1.51. The summed E-state index contributed by atoms with van der Waals surface area (Å²) in [7, 11) is 1.39. The Morgan fingerprint density at radius 1 is 1.24 bits per heavy atom. The molecule has 0 aliphatic carbocycles. The lowest BCUT2D eigenvalue weighted by atomic mass is 10.2. The highest BCUT2D eigenvalue weighted by Crippen LogP contribution is 2.29. The lowest BCUT2D eigenvalue weighted by molar-refractivity contribution is -0.122. The molecule has 4 rings (SSSR count). The molecule has 0 bridgehead atoms. The number of carbonyl (C=O) groups is 1. The van der Waals surface area contributed by atoms with E-state index in [0.717, 1.165) is 0 Å². The van der Waals surface area contributed by atoms with Gasteiger partial charge in [0, 0.05) is 29.1 Å². The van der Waals surface area contributed by atoms with Gasteiger partial charge < -0.3 is 19.6 Å². The number of rotatable bonds is 6. The molecule has 0 spiro atoms. The summed E-state index contributed by atoms with van der Waals surface area (Å²) in [6.07, 6.45) is -1.11. The van der Waals surface area contributed by atoms with Crippen molar-refractivity contribution in [2.24, 2.45) is 0 Å². The molecule has 2 aromatic carbocycles. The van der Waals surface area contributed by atoms with Gasteiger partial charge in [-0.2, -0.15) is 9.66 Å². The van der Waals surface area contributed by atoms with Crippen LogP contribution >= 0.6 is 0 Å². The fraction of sp³-hybridized carbons (Fsp3) is 0.143. The van der Waals surface area contributed by atoms with Gasteiger partial charge in [0.15, 0.2) is 11.4 Å². The second kappa shape index (κ2) is 10.2. The van der Waals surface area contributed by atoms with Gasteiger partial charge in [0.2, 0.25) is 5.95 Å². The molecule has 0 aliphatic heterocycles. The predicted molar refractivity (Wildman–Crippen MR) is 116 cm³/mol. The number of halogens is 2. The van der Waals surface area contributed by atoms with Crippen LogP contribution in [0.15, 0.2) is 57.9 Å². The van der Waals surface area contributed by atoms with Crippen molar-refractivity contribution in [1.82, 2.24) is 14.6 Å². The van der Waals surface area contributed by atoms with Crippen molar-refractivity contribution in [2.45, 2.75) is 13.3 Å². The van der Waals surface area contributed by atoms with Gasteiger partial charge in [0.1, 0.15) is 11.3 Å². The summed E-state index contributed by atoms with van der Waals surface area (Å²) in [4.78, 5) is 29.1. The summed E-state index contributed by atoms with van der Waals surface area (Å²) in [5, 5.41) is 9.78. The van der Waals surface area contributed by atoms with E-state index in [1.54, 1.807) is 43.5 Å². The molecule has 33 heavy (non-hydrogen) atoms. The molecular formula is C21H19F2N5O5. The fourth-order valence-electron chi connectivity index (χ4n) is 2.86. The second-order valence-corrected chi connectivity index (χ2v) is 6.53. The standard InChI is InChI=1S/C20H17F2N5O3.CH2O2/c1-11-10-23-19(24-13-7-12(17(21)22)8-14(9-13)29-2)25-18(11)26-27-15-5-3-4-6-16(15)30-20(27)28;2-1-3/h3-10,17H,1-2H3,(H2,23,24,25,26);1H,(H,2,3). The Balaban J connectivity index is 0.000000968. The molecule has 0 amide bonds. The second-order valence-electron chi connectivity index (χ2n) is 6.53. The van der Waals surface area contributed by atoms with Gasteiger partial charge in [-0.25, -0.2) is 18.6 Å². The molecule has 4 aromatic rings. The number of alkyl halides is 2. The summed E-state index contributed by atoms with van der Waals surface area (Å²) < 4.78 is 37.8. The van der Waals surface area contributed by atoms with E-state index in [0.29, 0.717) is 28.2 Å². The SMILES string of the molecule is COc1cc(Nc2ncc(C)c(Nn3c(=O)oc4ccccc43)n2)cc(C(F)F)c1.O=CO. The van der Waals surface area contributed by atoms with Crippen molar-refractivity contribution in [3.63, 3.8) is 0 Å². The van der Waals surface area contributed by atoms with Crippen molar-refractivity contribution in [2.75, 3.05) is 17.9 Å². The Kier molecular flexibility index (Phi) is 7.18. The predicted octanol–water partition coefficient (Wildman–Crippen LogP) is 3.96. The topological polar surface area (TPSA) is 132 Å². The molecule has 0 fully saturated rings. The number of aryl methyl sites for hydroxylation is 1. The first kappa shape index (κ1) is 23.2. The number of benzene rings is 2. The maximum absolute atomic E-state index is 13.1. The number of nitrogens with one attached hydrogen (secondary N) is 2. The molecule has 3 N–H and O–H groups in total. The number of hydrogen-bond donors (Lipinski definition) is 3. The average Bonchev–Trinajstić information content (AvgIpc) is 3.11. The lowest BCUT2D eigenvalue weighted by Gasteiger charge is -2.12. The van der Waals surface area contributed by atoms with E-state index < -0.39 is 12.2 Å². The number of ether oxygens (including phenoxy) is 1. The molecule has 0 unspecified atom stereocenters. The van der Waals surface area contributed by atoms with E-state index >= 15 is 0 Å². The van der Waals surface area contributed by atoms with Gasteiger partial charge in [-0.05, 0) is 31.2 Å². The van der Waals surface area contributed by atoms with Crippen LogP contribution in [0, 0.1) is 6.92 Å². The molecule has 12 heteroatoms. The van der Waals surface area contributed by atoms with Crippen molar-refractivity contribution in [3.8, 4) is 5.75 Å². The van der Waals surface area contributed by atoms with E-state index in [9.17, 15) is 13.6 Å². The Bertz CT molecular complexity index is 1320. The number of oxazole rings is 1. The number of hydrogen-bond acceptors (Lipinski definition) is 8. The van der Waals surface area contributed by atoms with E-state index in [1.807, 2.05) is 0 Å². The fourth-order valence-corrected chi connectivity index (χ4v) is 2.86. The first-order valence-corrected chi connectivity index (χ1v) is 9.39. The normalized spacial score (nSPS) is 10.5. The first-order chi connectivity index (χ1) is 15.9. The number of fused-ring (bicyclic) bond motifs is 1. The molecule has 0 atom stereocenters. The van der Waals surface area contributed by atoms with E-state index in [4.69, 9.17) is 19.1 Å². The third-order valence-electron chi connectivity index (χ3n) is 4.35. The number of methoxy groups -OCH3 is 1. The summed E-state index contributed by atoms with van der Waals surface area (Å²) in [5.41, 5.74) is 4.70. The average molecular weight is 459 g/mol. The lowest BCUT2D eigenvalue weighted by Crippen LogP contribution is -2.23. The van der Waals surface area contributed by atoms with E-state index in [1.165, 1.54) is 23.9 Å². The highest BCUT2D eigenvalue weighted by Gasteiger charge is 2.14. The maximum atomic E-state index is 13.1. The van der Waals surface area contributed by atoms with Crippen molar-refractivity contribution < 1.29 is 27.8 Å². The maximum Gasteiger partial charge on any atom is 0.439 e. The number of carboxylic acid groups (broad SMARTS) is 1. The quantitative estimate of drug-likeness (QED) is 0.367. The zero-order valence-corrected chi connectivity index (χ0v) is 17.5. The molecule has 0 aliphatic rings. The van der Waals surface area contributed by atoms with Gasteiger partial charge in [0.25, 0.3) is 12.9 Å². The minimum Gasteiger partial charge on any atom is -0.497 e. The molecule has 2 heterocycles.